The van der Waals surface area contributed by atoms with Crippen molar-refractivity contribution in [2.24, 2.45) is 0 Å². The summed E-state index contributed by atoms with van der Waals surface area (Å²) in [5.41, 5.74) is 0.711. The summed E-state index contributed by atoms with van der Waals surface area (Å²) in [6, 6.07) is 5.45. The Labute approximate surface area is 114 Å². The molecule has 0 aliphatic carbocycles. The van der Waals surface area contributed by atoms with Crippen molar-refractivity contribution in [2.75, 3.05) is 19.8 Å². The highest BCUT2D eigenvalue weighted by atomic mass is 79.9. The van der Waals surface area contributed by atoms with Crippen molar-refractivity contribution in [3.8, 4) is 5.75 Å². The lowest BCUT2D eigenvalue weighted by atomic mass is 10.2. The third-order valence-corrected chi connectivity index (χ3v) is 2.71. The van der Waals surface area contributed by atoms with Crippen LogP contribution in [-0.4, -0.2) is 30.9 Å². The van der Waals surface area contributed by atoms with Crippen molar-refractivity contribution in [3.63, 3.8) is 0 Å². The monoisotopic (exact) mass is 314 g/mol. The van der Waals surface area contributed by atoms with Crippen molar-refractivity contribution >= 4 is 28.0 Å². The van der Waals surface area contributed by atoms with Crippen molar-refractivity contribution in [1.82, 2.24) is 0 Å². The van der Waals surface area contributed by atoms with Crippen LogP contribution in [-0.2, 0) is 9.53 Å². The molecule has 1 aromatic rings. The predicted molar refractivity (Wildman–Crippen MR) is 72.8 cm³/mol. The van der Waals surface area contributed by atoms with Gasteiger partial charge in [0.25, 0.3) is 0 Å². The SMILES string of the molecule is CCOCCOc1c(Br)cccc1C=CC(=O)O. The normalized spacial score (nSPS) is 10.8. The topological polar surface area (TPSA) is 55.8 Å². The van der Waals surface area contributed by atoms with Crippen LogP contribution in [0.3, 0.4) is 0 Å². The maximum absolute atomic E-state index is 10.5. The van der Waals surface area contributed by atoms with E-state index in [1.165, 1.54) is 6.08 Å². The van der Waals surface area contributed by atoms with Crippen molar-refractivity contribution < 1.29 is 19.4 Å². The van der Waals surface area contributed by atoms with Gasteiger partial charge in [0.2, 0.25) is 0 Å². The molecule has 1 N–H and O–H groups in total. The van der Waals surface area contributed by atoms with Crippen LogP contribution < -0.4 is 4.74 Å². The molecule has 0 saturated carbocycles. The van der Waals surface area contributed by atoms with Gasteiger partial charge in [-0.15, -0.1) is 0 Å². The summed E-state index contributed by atoms with van der Waals surface area (Å²) in [4.78, 5) is 10.5. The molecule has 0 fully saturated rings. The fourth-order valence-electron chi connectivity index (χ4n) is 1.32. The molecule has 0 aliphatic heterocycles. The highest BCUT2D eigenvalue weighted by molar-refractivity contribution is 9.10. The number of carboxylic acid groups (broad SMARTS) is 1. The first kappa shape index (κ1) is 14.7. The maximum Gasteiger partial charge on any atom is 0.328 e. The third kappa shape index (κ3) is 4.89. The lowest BCUT2D eigenvalue weighted by molar-refractivity contribution is -0.131. The van der Waals surface area contributed by atoms with E-state index in [0.717, 1.165) is 10.5 Å². The van der Waals surface area contributed by atoms with Gasteiger partial charge in [0, 0.05) is 18.2 Å². The van der Waals surface area contributed by atoms with Crippen LogP contribution in [0.25, 0.3) is 6.08 Å². The van der Waals surface area contributed by atoms with Crippen LogP contribution in [0.4, 0.5) is 0 Å². The van der Waals surface area contributed by atoms with E-state index in [1.807, 2.05) is 19.1 Å². The Bertz CT molecular complexity index is 429. The zero-order valence-electron chi connectivity index (χ0n) is 10.1. The maximum atomic E-state index is 10.5. The number of halogens is 1. The molecule has 0 heterocycles. The number of para-hydroxylation sites is 1. The molecule has 0 spiro atoms. The van der Waals surface area contributed by atoms with Gasteiger partial charge in [0.15, 0.2) is 0 Å². The number of aliphatic carboxylic acids is 1. The molecule has 5 heteroatoms. The molecule has 0 bridgehead atoms. The van der Waals surface area contributed by atoms with Gasteiger partial charge in [-0.1, -0.05) is 12.1 Å². The average Bonchev–Trinajstić information content (AvgIpc) is 2.34. The van der Waals surface area contributed by atoms with Gasteiger partial charge < -0.3 is 14.6 Å². The standard InChI is InChI=1S/C13H15BrO4/c1-2-17-8-9-18-13-10(6-7-12(15)16)4-3-5-11(13)14/h3-7H,2,8-9H2,1H3,(H,15,16). The summed E-state index contributed by atoms with van der Waals surface area (Å²) in [5.74, 6) is -0.370. The lowest BCUT2D eigenvalue weighted by Crippen LogP contribution is -2.07. The van der Waals surface area contributed by atoms with Gasteiger partial charge >= 0.3 is 5.97 Å². The average molecular weight is 315 g/mol. The van der Waals surface area contributed by atoms with E-state index in [1.54, 1.807) is 6.07 Å². The Morgan fingerprint density at radius 3 is 2.89 bits per heavy atom. The van der Waals surface area contributed by atoms with Crippen molar-refractivity contribution in [3.05, 3.63) is 34.3 Å². The molecule has 0 aromatic heterocycles. The van der Waals surface area contributed by atoms with E-state index in [-0.39, 0.29) is 0 Å². The molecule has 0 radical (unpaired) electrons. The highest BCUT2D eigenvalue weighted by Gasteiger charge is 2.06. The minimum Gasteiger partial charge on any atom is -0.489 e. The van der Waals surface area contributed by atoms with Crippen LogP contribution in [0.15, 0.2) is 28.7 Å². The number of carboxylic acids is 1. The number of rotatable bonds is 7. The summed E-state index contributed by atoms with van der Waals surface area (Å²) in [5, 5.41) is 8.62. The summed E-state index contributed by atoms with van der Waals surface area (Å²) >= 11 is 3.38. The van der Waals surface area contributed by atoms with E-state index in [9.17, 15) is 4.79 Å². The molecule has 98 valence electrons. The second-order valence-corrected chi connectivity index (χ2v) is 4.23. The van der Waals surface area contributed by atoms with Crippen LogP contribution >= 0.6 is 15.9 Å². The molecule has 0 saturated heterocycles. The Morgan fingerprint density at radius 1 is 1.44 bits per heavy atom. The fourth-order valence-corrected chi connectivity index (χ4v) is 1.81. The Kier molecular flexibility index (Phi) is 6.46. The molecule has 0 amide bonds. The second-order valence-electron chi connectivity index (χ2n) is 3.38. The summed E-state index contributed by atoms with van der Waals surface area (Å²) in [6.45, 7) is 3.48. The van der Waals surface area contributed by atoms with Gasteiger partial charge in [-0.2, -0.15) is 0 Å². The van der Waals surface area contributed by atoms with Crippen LogP contribution in [0.2, 0.25) is 0 Å². The smallest absolute Gasteiger partial charge is 0.328 e. The minimum atomic E-state index is -0.991. The van der Waals surface area contributed by atoms with Crippen LogP contribution in [0.5, 0.6) is 5.75 Å². The van der Waals surface area contributed by atoms with Gasteiger partial charge in [-0.3, -0.25) is 0 Å². The Balaban J connectivity index is 2.77. The van der Waals surface area contributed by atoms with E-state index in [4.69, 9.17) is 14.6 Å². The largest absolute Gasteiger partial charge is 0.489 e. The summed E-state index contributed by atoms with van der Waals surface area (Å²) in [6.07, 6.45) is 2.58. The van der Waals surface area contributed by atoms with E-state index >= 15 is 0 Å². The second kappa shape index (κ2) is 7.89. The highest BCUT2D eigenvalue weighted by Crippen LogP contribution is 2.29. The zero-order valence-corrected chi connectivity index (χ0v) is 11.6. The molecular formula is C13H15BrO4. The number of benzene rings is 1. The molecule has 18 heavy (non-hydrogen) atoms. The van der Waals surface area contributed by atoms with Crippen LogP contribution in [0.1, 0.15) is 12.5 Å². The number of hydrogen-bond donors (Lipinski definition) is 1. The van der Waals surface area contributed by atoms with Crippen LogP contribution in [0, 0.1) is 0 Å². The molecule has 1 aromatic carbocycles. The fraction of sp³-hybridized carbons (Fsp3) is 0.308. The number of hydrogen-bond acceptors (Lipinski definition) is 3. The van der Waals surface area contributed by atoms with Gasteiger partial charge in [-0.25, -0.2) is 4.79 Å². The minimum absolute atomic E-state index is 0.421. The van der Waals surface area contributed by atoms with Gasteiger partial charge in [-0.05, 0) is 35.0 Å². The number of ether oxygens (including phenoxy) is 2. The van der Waals surface area contributed by atoms with Gasteiger partial charge in [0.1, 0.15) is 12.4 Å². The molecule has 4 nitrogen and oxygen atoms in total. The molecular weight excluding hydrogens is 300 g/mol. The number of carbonyl (C=O) groups is 1. The Hall–Kier alpha value is -1.33. The molecule has 0 aliphatic rings. The van der Waals surface area contributed by atoms with Crippen molar-refractivity contribution in [1.29, 1.82) is 0 Å². The third-order valence-electron chi connectivity index (χ3n) is 2.08. The first-order chi connectivity index (χ1) is 8.65. The van der Waals surface area contributed by atoms with E-state index < -0.39 is 5.97 Å². The van der Waals surface area contributed by atoms with E-state index in [0.29, 0.717) is 31.1 Å². The van der Waals surface area contributed by atoms with E-state index in [2.05, 4.69) is 15.9 Å². The van der Waals surface area contributed by atoms with Gasteiger partial charge in [0.05, 0.1) is 11.1 Å². The Morgan fingerprint density at radius 2 is 2.22 bits per heavy atom. The summed E-state index contributed by atoms with van der Waals surface area (Å²) in [7, 11) is 0. The first-order valence-corrected chi connectivity index (χ1v) is 6.34. The lowest BCUT2D eigenvalue weighted by Gasteiger charge is -2.11. The first-order valence-electron chi connectivity index (χ1n) is 5.55. The quantitative estimate of drug-likeness (QED) is 0.621. The summed E-state index contributed by atoms with van der Waals surface area (Å²) < 4.78 is 11.6. The molecule has 0 atom stereocenters. The molecule has 0 unspecified atom stereocenters. The predicted octanol–water partition coefficient (Wildman–Crippen LogP) is 2.96. The zero-order chi connectivity index (χ0) is 13.4. The molecule has 1 rings (SSSR count). The van der Waals surface area contributed by atoms with Crippen molar-refractivity contribution in [2.45, 2.75) is 6.92 Å².